The first-order valence-electron chi connectivity index (χ1n) is 5.97. The van der Waals surface area contributed by atoms with Gasteiger partial charge in [-0.05, 0) is 32.9 Å². The summed E-state index contributed by atoms with van der Waals surface area (Å²) in [5.41, 5.74) is 3.12. The quantitative estimate of drug-likeness (QED) is 0.869. The van der Waals surface area contributed by atoms with Gasteiger partial charge in [0.2, 0.25) is 0 Å². The van der Waals surface area contributed by atoms with E-state index in [4.69, 9.17) is 0 Å². The molecule has 1 aliphatic rings. The Morgan fingerprint density at radius 2 is 2.44 bits per heavy atom. The van der Waals surface area contributed by atoms with Crippen LogP contribution in [-0.4, -0.2) is 36.1 Å². The van der Waals surface area contributed by atoms with E-state index >= 15 is 0 Å². The molecule has 0 aliphatic carbocycles. The molecule has 0 aromatic carbocycles. The number of hydrogen-bond acceptors (Lipinski definition) is 4. The molecule has 2 atom stereocenters. The zero-order valence-electron chi connectivity index (χ0n) is 10.4. The molecular formula is C12H21N3S. The van der Waals surface area contributed by atoms with Crippen molar-refractivity contribution in [1.82, 2.24) is 15.2 Å². The molecule has 1 saturated heterocycles. The summed E-state index contributed by atoms with van der Waals surface area (Å²) in [5, 5.41) is 3.58. The van der Waals surface area contributed by atoms with Crippen molar-refractivity contribution in [1.29, 1.82) is 0 Å². The summed E-state index contributed by atoms with van der Waals surface area (Å²) in [7, 11) is 2.20. The maximum Gasteiger partial charge on any atom is 0.0798 e. The Labute approximate surface area is 102 Å². The lowest BCUT2D eigenvalue weighted by molar-refractivity contribution is 0.272. The van der Waals surface area contributed by atoms with Gasteiger partial charge in [-0.2, -0.15) is 0 Å². The number of hydrogen-bond donors (Lipinski definition) is 1. The first kappa shape index (κ1) is 12.0. The molecule has 2 unspecified atom stereocenters. The van der Waals surface area contributed by atoms with Gasteiger partial charge in [0.25, 0.3) is 0 Å². The van der Waals surface area contributed by atoms with E-state index in [2.05, 4.69) is 36.1 Å². The van der Waals surface area contributed by atoms with Gasteiger partial charge in [0.1, 0.15) is 0 Å². The monoisotopic (exact) mass is 239 g/mol. The molecule has 1 N–H and O–H groups in total. The molecule has 2 heterocycles. The summed E-state index contributed by atoms with van der Waals surface area (Å²) in [5.74, 6) is 0.810. The Bertz CT molecular complexity index is 337. The van der Waals surface area contributed by atoms with Crippen LogP contribution in [0.5, 0.6) is 0 Å². The first-order chi connectivity index (χ1) is 7.66. The van der Waals surface area contributed by atoms with Gasteiger partial charge in [0.05, 0.1) is 11.2 Å². The van der Waals surface area contributed by atoms with Crippen molar-refractivity contribution >= 4 is 11.3 Å². The number of nitrogens with zero attached hydrogens (tertiary/aromatic N) is 2. The van der Waals surface area contributed by atoms with Gasteiger partial charge in [-0.3, -0.25) is 4.90 Å². The first-order valence-corrected chi connectivity index (χ1v) is 6.85. The molecule has 0 radical (unpaired) electrons. The number of aryl methyl sites for hydroxylation is 1. The van der Waals surface area contributed by atoms with Gasteiger partial charge in [-0.15, -0.1) is 11.3 Å². The van der Waals surface area contributed by atoms with E-state index in [0.29, 0.717) is 6.04 Å². The molecule has 90 valence electrons. The van der Waals surface area contributed by atoms with Gasteiger partial charge in [-0.1, -0.05) is 6.92 Å². The van der Waals surface area contributed by atoms with Crippen LogP contribution in [-0.2, 0) is 6.54 Å². The maximum atomic E-state index is 4.29. The van der Waals surface area contributed by atoms with Crippen LogP contribution in [0, 0.1) is 12.8 Å². The molecule has 2 rings (SSSR count). The fourth-order valence-corrected chi connectivity index (χ4v) is 3.12. The fraction of sp³-hybridized carbons (Fsp3) is 0.750. The van der Waals surface area contributed by atoms with Crippen LogP contribution in [0.2, 0.25) is 0 Å². The van der Waals surface area contributed by atoms with Crippen LogP contribution in [0.4, 0.5) is 0 Å². The van der Waals surface area contributed by atoms with E-state index < -0.39 is 0 Å². The number of likely N-dealkylation sites (N-methyl/N-ethyl adjacent to an activating group) is 1. The zero-order valence-corrected chi connectivity index (χ0v) is 11.2. The summed E-state index contributed by atoms with van der Waals surface area (Å²) in [4.78, 5) is 8.09. The van der Waals surface area contributed by atoms with Crippen molar-refractivity contribution in [3.63, 3.8) is 0 Å². The molecule has 1 aromatic rings. The van der Waals surface area contributed by atoms with E-state index in [1.165, 1.54) is 23.5 Å². The van der Waals surface area contributed by atoms with Crippen LogP contribution in [0.1, 0.15) is 23.9 Å². The average molecular weight is 239 g/mol. The second-order valence-electron chi connectivity index (χ2n) is 4.88. The molecule has 4 heteroatoms. The molecular weight excluding hydrogens is 218 g/mol. The number of nitrogens with one attached hydrogen (secondary N) is 1. The average Bonchev–Trinajstić information content (AvgIpc) is 2.79. The molecule has 1 fully saturated rings. The lowest BCUT2D eigenvalue weighted by atomic mass is 10.0. The number of thiazole rings is 1. The lowest BCUT2D eigenvalue weighted by Gasteiger charge is -2.23. The van der Waals surface area contributed by atoms with Gasteiger partial charge >= 0.3 is 0 Å². The van der Waals surface area contributed by atoms with Crippen molar-refractivity contribution in [2.24, 2.45) is 5.92 Å². The van der Waals surface area contributed by atoms with Crippen LogP contribution < -0.4 is 5.32 Å². The van der Waals surface area contributed by atoms with Crippen LogP contribution >= 0.6 is 11.3 Å². The van der Waals surface area contributed by atoms with E-state index in [1.54, 1.807) is 11.3 Å². The van der Waals surface area contributed by atoms with Crippen molar-refractivity contribution in [3.8, 4) is 0 Å². The van der Waals surface area contributed by atoms with Crippen molar-refractivity contribution in [2.75, 3.05) is 20.1 Å². The van der Waals surface area contributed by atoms with E-state index in [0.717, 1.165) is 19.0 Å². The number of aromatic nitrogens is 1. The Morgan fingerprint density at radius 1 is 1.62 bits per heavy atom. The molecule has 1 aliphatic heterocycles. The predicted octanol–water partition coefficient (Wildman–Crippen LogP) is 1.88. The minimum absolute atomic E-state index is 0.665. The van der Waals surface area contributed by atoms with Crippen molar-refractivity contribution in [3.05, 3.63) is 16.1 Å². The highest BCUT2D eigenvalue weighted by Gasteiger charge is 2.23. The zero-order chi connectivity index (χ0) is 11.5. The molecule has 1 aromatic heterocycles. The second-order valence-corrected chi connectivity index (χ2v) is 5.82. The van der Waals surface area contributed by atoms with E-state index in [1.807, 2.05) is 5.51 Å². The standard InChI is InChI=1S/C12H21N3S/c1-9-4-5-13-11(9)6-15(3)7-12-10(2)14-8-16-12/h8-9,11,13H,4-7H2,1-3H3. The number of rotatable bonds is 4. The Morgan fingerprint density at radius 3 is 3.00 bits per heavy atom. The Balaban J connectivity index is 1.84. The van der Waals surface area contributed by atoms with Crippen LogP contribution in [0.25, 0.3) is 0 Å². The van der Waals surface area contributed by atoms with Gasteiger partial charge in [-0.25, -0.2) is 4.98 Å². The molecule has 0 spiro atoms. The Kier molecular flexibility index (Phi) is 3.95. The van der Waals surface area contributed by atoms with E-state index in [9.17, 15) is 0 Å². The third kappa shape index (κ3) is 2.81. The summed E-state index contributed by atoms with van der Waals surface area (Å²) >= 11 is 1.76. The normalized spacial score (nSPS) is 25.5. The molecule has 0 amide bonds. The predicted molar refractivity (Wildman–Crippen MR) is 68.8 cm³/mol. The Hall–Kier alpha value is -0.450. The topological polar surface area (TPSA) is 28.2 Å². The molecule has 3 nitrogen and oxygen atoms in total. The smallest absolute Gasteiger partial charge is 0.0798 e. The third-order valence-corrected chi connectivity index (χ3v) is 4.38. The fourth-order valence-electron chi connectivity index (χ4n) is 2.27. The summed E-state index contributed by atoms with van der Waals surface area (Å²) in [6.45, 7) is 7.78. The minimum Gasteiger partial charge on any atom is -0.312 e. The molecule has 0 saturated carbocycles. The highest BCUT2D eigenvalue weighted by Crippen LogP contribution is 2.18. The van der Waals surface area contributed by atoms with Crippen LogP contribution in [0.3, 0.4) is 0 Å². The maximum absolute atomic E-state index is 4.29. The highest BCUT2D eigenvalue weighted by atomic mass is 32.1. The van der Waals surface area contributed by atoms with Crippen LogP contribution in [0.15, 0.2) is 5.51 Å². The van der Waals surface area contributed by atoms with E-state index in [-0.39, 0.29) is 0 Å². The lowest BCUT2D eigenvalue weighted by Crippen LogP contribution is -2.37. The second kappa shape index (κ2) is 5.25. The van der Waals surface area contributed by atoms with Gasteiger partial charge in [0.15, 0.2) is 0 Å². The highest BCUT2D eigenvalue weighted by molar-refractivity contribution is 7.09. The summed E-state index contributed by atoms with van der Waals surface area (Å²) in [6, 6.07) is 0.665. The largest absolute Gasteiger partial charge is 0.312 e. The van der Waals surface area contributed by atoms with Gasteiger partial charge < -0.3 is 5.32 Å². The minimum atomic E-state index is 0.665. The molecule has 0 bridgehead atoms. The molecule has 16 heavy (non-hydrogen) atoms. The SMILES string of the molecule is Cc1ncsc1CN(C)CC1NCCC1C. The summed E-state index contributed by atoms with van der Waals surface area (Å²) in [6.07, 6.45) is 1.32. The third-order valence-electron chi connectivity index (χ3n) is 3.46. The van der Waals surface area contributed by atoms with Crippen molar-refractivity contribution in [2.45, 2.75) is 32.9 Å². The van der Waals surface area contributed by atoms with Gasteiger partial charge in [0, 0.05) is 24.0 Å². The summed E-state index contributed by atoms with van der Waals surface area (Å²) < 4.78 is 0. The van der Waals surface area contributed by atoms with Crippen molar-refractivity contribution < 1.29 is 0 Å².